The largest absolute Gasteiger partial charge is 0.469 e. The van der Waals surface area contributed by atoms with Crippen molar-refractivity contribution in [2.45, 2.75) is 38.1 Å². The van der Waals surface area contributed by atoms with E-state index in [2.05, 4.69) is 22.2 Å². The number of phosphoric acid groups is 2. The highest BCUT2D eigenvalue weighted by Crippen LogP contribution is 2.47. The van der Waals surface area contributed by atoms with Gasteiger partial charge in [0.05, 0.1) is 31.2 Å². The number of carbonyl (C=O) groups is 3. The molecule has 0 bridgehead atoms. The van der Waals surface area contributed by atoms with Crippen LogP contribution in [0.1, 0.15) is 20.3 Å². The fraction of sp³-hybridized carbons (Fsp3) is 0.650. The van der Waals surface area contributed by atoms with E-state index < -0.39 is 76.3 Å². The zero-order chi connectivity index (χ0) is 28.2. The Hall–Kier alpha value is -1.77. The highest BCUT2D eigenvalue weighted by Gasteiger charge is 2.64. The summed E-state index contributed by atoms with van der Waals surface area (Å²) in [4.78, 5) is 74.5. The lowest BCUT2D eigenvalue weighted by Gasteiger charge is -2.30. The highest BCUT2D eigenvalue weighted by molar-refractivity contribution is 7.46. The molecule has 2 aliphatic rings. The second kappa shape index (κ2) is 12.4. The van der Waals surface area contributed by atoms with Gasteiger partial charge in [-0.25, -0.2) is 13.9 Å². The van der Waals surface area contributed by atoms with Crippen molar-refractivity contribution in [1.82, 2.24) is 4.90 Å². The smallest absolute Gasteiger partial charge is 0.459 e. The van der Waals surface area contributed by atoms with E-state index in [0.29, 0.717) is 0 Å². The fourth-order valence-electron chi connectivity index (χ4n) is 4.09. The van der Waals surface area contributed by atoms with E-state index in [1.165, 1.54) is 13.0 Å². The van der Waals surface area contributed by atoms with Crippen LogP contribution in [0, 0.1) is 11.8 Å². The minimum absolute atomic E-state index is 0.0697. The van der Waals surface area contributed by atoms with Crippen LogP contribution in [-0.2, 0) is 46.8 Å². The van der Waals surface area contributed by atoms with Crippen molar-refractivity contribution in [3.63, 3.8) is 0 Å². The maximum Gasteiger partial charge on any atom is 0.469 e. The van der Waals surface area contributed by atoms with Gasteiger partial charge in [-0.3, -0.25) is 23.5 Å². The number of nitrogens with zero attached hydrogens (tertiary/aromatic N) is 1. The second-order valence-electron chi connectivity index (χ2n) is 8.59. The maximum absolute atomic E-state index is 13.2. The molecule has 4 unspecified atom stereocenters. The number of hydrogen-bond acceptors (Lipinski definition) is 10. The zero-order valence-electron chi connectivity index (χ0n) is 20.3. The monoisotopic (exact) mass is 571 g/mol. The van der Waals surface area contributed by atoms with Crippen molar-refractivity contribution in [3.05, 3.63) is 24.8 Å². The summed E-state index contributed by atoms with van der Waals surface area (Å²) < 4.78 is 46.9. The second-order valence-corrected chi connectivity index (χ2v) is 11.1. The molecule has 0 aromatic carbocycles. The van der Waals surface area contributed by atoms with E-state index in [0.717, 1.165) is 4.90 Å². The molecule has 17 heteroatoms. The Labute approximate surface area is 212 Å². The van der Waals surface area contributed by atoms with Gasteiger partial charge in [0.15, 0.2) is 0 Å². The molecule has 2 fully saturated rings. The number of fused-ring (bicyclic) bond motifs is 1. The van der Waals surface area contributed by atoms with Crippen LogP contribution in [0.3, 0.4) is 0 Å². The van der Waals surface area contributed by atoms with E-state index in [4.69, 9.17) is 33.8 Å². The SMILES string of the molecule is C=CC1(COC(=O)C(=C)C)OC(C)C2C(=O)N(CCCOC(COP(=O)(O)O)COP(=O)(O)O)C(=O)C21. The number of rotatable bonds is 15. The summed E-state index contributed by atoms with van der Waals surface area (Å²) in [6, 6.07) is 0. The van der Waals surface area contributed by atoms with Crippen LogP contribution >= 0.6 is 15.6 Å². The number of carbonyl (C=O) groups excluding carboxylic acids is 3. The first kappa shape index (κ1) is 31.4. The van der Waals surface area contributed by atoms with Crippen LogP contribution in [0.5, 0.6) is 0 Å². The van der Waals surface area contributed by atoms with Crippen LogP contribution in [0.2, 0.25) is 0 Å². The van der Waals surface area contributed by atoms with Gasteiger partial charge in [0.2, 0.25) is 11.8 Å². The van der Waals surface area contributed by atoms with Crippen molar-refractivity contribution in [1.29, 1.82) is 0 Å². The quantitative estimate of drug-likeness (QED) is 0.0510. The van der Waals surface area contributed by atoms with Gasteiger partial charge in [0, 0.05) is 18.7 Å². The molecule has 0 radical (unpaired) electrons. The molecule has 2 aliphatic heterocycles. The number of phosphoric ester groups is 2. The summed E-state index contributed by atoms with van der Waals surface area (Å²) in [5.41, 5.74) is -1.27. The first-order valence-corrected chi connectivity index (χ1v) is 14.1. The number of hydrogen-bond donors (Lipinski definition) is 4. The Bertz CT molecular complexity index is 979. The molecule has 210 valence electrons. The zero-order valence-corrected chi connectivity index (χ0v) is 22.0. The number of likely N-dealkylation sites (tertiary alicyclic amines) is 1. The number of ether oxygens (including phenoxy) is 3. The number of amides is 2. The number of imide groups is 1. The molecule has 2 amide bonds. The van der Waals surface area contributed by atoms with Gasteiger partial charge >= 0.3 is 21.6 Å². The van der Waals surface area contributed by atoms with E-state index >= 15 is 0 Å². The van der Waals surface area contributed by atoms with E-state index in [-0.39, 0.29) is 31.8 Å². The Morgan fingerprint density at radius 2 is 1.73 bits per heavy atom. The van der Waals surface area contributed by atoms with Gasteiger partial charge in [-0.1, -0.05) is 12.7 Å². The molecule has 0 saturated carbocycles. The normalized spacial score (nSPS) is 26.0. The average molecular weight is 571 g/mol. The third-order valence-corrected chi connectivity index (χ3v) is 6.71. The molecule has 0 aromatic heterocycles. The fourth-order valence-corrected chi connectivity index (χ4v) is 4.81. The van der Waals surface area contributed by atoms with E-state index in [9.17, 15) is 23.5 Å². The molecular weight excluding hydrogens is 540 g/mol. The lowest BCUT2D eigenvalue weighted by molar-refractivity contribution is -0.155. The first-order valence-electron chi connectivity index (χ1n) is 11.0. The van der Waals surface area contributed by atoms with Gasteiger partial charge in [0.25, 0.3) is 0 Å². The van der Waals surface area contributed by atoms with E-state index in [1.54, 1.807) is 6.92 Å². The van der Waals surface area contributed by atoms with Gasteiger partial charge in [0.1, 0.15) is 18.3 Å². The van der Waals surface area contributed by atoms with Crippen LogP contribution in [0.25, 0.3) is 0 Å². The van der Waals surface area contributed by atoms with E-state index in [1.807, 2.05) is 0 Å². The van der Waals surface area contributed by atoms with Crippen molar-refractivity contribution < 1.29 is 66.3 Å². The van der Waals surface area contributed by atoms with Gasteiger partial charge < -0.3 is 33.8 Å². The lowest BCUT2D eigenvalue weighted by atomic mass is 9.81. The van der Waals surface area contributed by atoms with Crippen molar-refractivity contribution >= 4 is 33.4 Å². The molecule has 15 nitrogen and oxygen atoms in total. The van der Waals surface area contributed by atoms with Crippen molar-refractivity contribution in [2.75, 3.05) is 33.0 Å². The Morgan fingerprint density at radius 1 is 1.16 bits per heavy atom. The molecule has 0 aromatic rings. The standard InChI is InChI=1S/C20H31NO14P2/c1-5-20(11-32-19(24)12(2)3)16-15(13(4)35-20)17(22)21(18(16)23)7-6-8-31-14(9-33-36(25,26)27)10-34-37(28,29)30/h5,13-16H,1-2,6-11H2,3-4H3,(H2,25,26,27)(H2,28,29,30). The molecule has 0 spiro atoms. The summed E-state index contributed by atoms with van der Waals surface area (Å²) in [7, 11) is -9.78. The van der Waals surface area contributed by atoms with Crippen LogP contribution in [0.4, 0.5) is 0 Å². The third kappa shape index (κ3) is 8.36. The number of esters is 1. The van der Waals surface area contributed by atoms with Crippen LogP contribution in [0.15, 0.2) is 24.8 Å². The minimum Gasteiger partial charge on any atom is -0.459 e. The molecule has 4 atom stereocenters. The van der Waals surface area contributed by atoms with Crippen LogP contribution < -0.4 is 0 Å². The molecule has 2 rings (SSSR count). The summed E-state index contributed by atoms with van der Waals surface area (Å²) in [6.45, 7) is 8.18. The van der Waals surface area contributed by atoms with Crippen molar-refractivity contribution in [3.8, 4) is 0 Å². The van der Waals surface area contributed by atoms with Gasteiger partial charge in [-0.15, -0.1) is 6.58 Å². The molecule has 2 heterocycles. The topological polar surface area (TPSA) is 216 Å². The third-order valence-electron chi connectivity index (χ3n) is 5.74. The molecule has 37 heavy (non-hydrogen) atoms. The molecule has 2 saturated heterocycles. The van der Waals surface area contributed by atoms with Gasteiger partial charge in [-0.05, 0) is 20.3 Å². The molecule has 0 aliphatic carbocycles. The summed E-state index contributed by atoms with van der Waals surface area (Å²) >= 11 is 0. The predicted octanol–water partition coefficient (Wildman–Crippen LogP) is 0.0443. The highest BCUT2D eigenvalue weighted by atomic mass is 31.2. The Morgan fingerprint density at radius 3 is 2.22 bits per heavy atom. The molecule has 4 N–H and O–H groups in total. The summed E-state index contributed by atoms with van der Waals surface area (Å²) in [5, 5.41) is 0. The Kier molecular flexibility index (Phi) is 10.5. The van der Waals surface area contributed by atoms with Crippen LogP contribution in [-0.4, -0.2) is 93.0 Å². The minimum atomic E-state index is -4.89. The summed E-state index contributed by atoms with van der Waals surface area (Å²) in [6.07, 6.45) is -0.539. The lowest BCUT2D eigenvalue weighted by Crippen LogP contribution is -2.45. The van der Waals surface area contributed by atoms with Crippen molar-refractivity contribution in [2.24, 2.45) is 11.8 Å². The molecular formula is C20H31NO14P2. The predicted molar refractivity (Wildman–Crippen MR) is 123 cm³/mol. The van der Waals surface area contributed by atoms with Gasteiger partial charge in [-0.2, -0.15) is 0 Å². The maximum atomic E-state index is 13.2. The summed E-state index contributed by atoms with van der Waals surface area (Å²) in [5.74, 6) is -3.56. The Balaban J connectivity index is 2.01. The first-order chi connectivity index (χ1) is 17.0. The average Bonchev–Trinajstić information content (AvgIpc) is 3.22.